The topological polar surface area (TPSA) is 122 Å². The highest BCUT2D eigenvalue weighted by molar-refractivity contribution is 7.96. The summed E-state index contributed by atoms with van der Waals surface area (Å²) in [6, 6.07) is 10.9. The van der Waals surface area contributed by atoms with E-state index in [2.05, 4.69) is 9.35 Å². The second kappa shape index (κ2) is 9.94. The Labute approximate surface area is 228 Å². The Balaban J connectivity index is 1.76. The predicted octanol–water partition coefficient (Wildman–Crippen LogP) is 4.94. The lowest BCUT2D eigenvalue weighted by Gasteiger charge is -2.45. The van der Waals surface area contributed by atoms with Crippen molar-refractivity contribution in [3.05, 3.63) is 64.7 Å². The molecule has 3 heterocycles. The third-order valence-corrected chi connectivity index (χ3v) is 11.0. The average Bonchev–Trinajstić information content (AvgIpc) is 3.27. The van der Waals surface area contributed by atoms with Gasteiger partial charge < -0.3 is 4.74 Å². The number of rotatable bonds is 6. The van der Waals surface area contributed by atoms with Crippen molar-refractivity contribution in [1.29, 1.82) is 5.26 Å². The van der Waals surface area contributed by atoms with E-state index in [0.29, 0.717) is 35.5 Å². The summed E-state index contributed by atoms with van der Waals surface area (Å²) in [7, 11) is -2.98. The first-order valence-electron chi connectivity index (χ1n) is 12.8. The van der Waals surface area contributed by atoms with Crippen LogP contribution in [0.4, 0.5) is 4.39 Å². The monoisotopic (exact) mass is 552 g/mol. The van der Waals surface area contributed by atoms with Crippen molar-refractivity contribution < 1.29 is 22.9 Å². The van der Waals surface area contributed by atoms with Gasteiger partial charge in [-0.3, -0.25) is 19.6 Å². The molecule has 0 bridgehead atoms. The number of Topliss-reactive ketones (excluding diaryl/α,β-unsaturated/α-hetero) is 1. The third-order valence-electron chi connectivity index (χ3n) is 7.27. The van der Waals surface area contributed by atoms with Crippen LogP contribution in [-0.4, -0.2) is 48.8 Å². The van der Waals surface area contributed by atoms with Crippen molar-refractivity contribution in [3.8, 4) is 6.07 Å². The zero-order valence-electron chi connectivity index (χ0n) is 23.1. The zero-order valence-corrected chi connectivity index (χ0v) is 23.9. The van der Waals surface area contributed by atoms with Crippen molar-refractivity contribution in [1.82, 2.24) is 4.98 Å². The quantitative estimate of drug-likeness (QED) is 0.370. The maximum atomic E-state index is 15.5. The summed E-state index contributed by atoms with van der Waals surface area (Å²) in [5.74, 6) is -1.40. The van der Waals surface area contributed by atoms with Gasteiger partial charge in [0.25, 0.3) is 0 Å². The molecule has 0 fully saturated rings. The zero-order chi connectivity index (χ0) is 28.8. The molecule has 0 amide bonds. The van der Waals surface area contributed by atoms with Gasteiger partial charge >= 0.3 is 5.97 Å². The number of aromatic nitrogens is 1. The number of halogens is 1. The van der Waals surface area contributed by atoms with Gasteiger partial charge in [-0.25, -0.2) is 13.0 Å². The number of nitrogens with zero attached hydrogens (tertiary/aromatic N) is 4. The Kier molecular flexibility index (Phi) is 7.28. The lowest BCUT2D eigenvalue weighted by atomic mass is 9.88. The lowest BCUT2D eigenvalue weighted by molar-refractivity contribution is -0.153. The number of ketones is 1. The normalized spacial score (nSPS) is 25.6. The van der Waals surface area contributed by atoms with E-state index >= 15 is 4.39 Å². The minimum absolute atomic E-state index is 0.0281. The molecule has 0 N–H and O–H groups in total. The maximum absolute atomic E-state index is 15.5. The molecule has 4 rings (SSSR count). The molecule has 0 aliphatic carbocycles. The van der Waals surface area contributed by atoms with E-state index in [-0.39, 0.29) is 24.3 Å². The molecule has 206 valence electrons. The summed E-state index contributed by atoms with van der Waals surface area (Å²) in [4.78, 5) is 35.2. The van der Waals surface area contributed by atoms with E-state index < -0.39 is 42.7 Å². The number of hydrogen-bond acceptors (Lipinski definition) is 8. The van der Waals surface area contributed by atoms with Gasteiger partial charge in [-0.2, -0.15) is 5.26 Å². The van der Waals surface area contributed by atoms with Crippen molar-refractivity contribution in [2.45, 2.75) is 81.9 Å². The number of pyridine rings is 1. The number of ether oxygens (including phenoxy) is 1. The fourth-order valence-electron chi connectivity index (χ4n) is 5.23. The smallest absolute Gasteiger partial charge is 0.312 e. The number of fused-ring (bicyclic) bond motifs is 1. The number of nitriles is 1. The summed E-state index contributed by atoms with van der Waals surface area (Å²) in [6.45, 7) is 10.8. The van der Waals surface area contributed by atoms with Crippen LogP contribution in [0.1, 0.15) is 81.7 Å². The van der Waals surface area contributed by atoms with Gasteiger partial charge in [0.2, 0.25) is 0 Å². The van der Waals surface area contributed by atoms with Crippen LogP contribution in [0.2, 0.25) is 0 Å². The van der Waals surface area contributed by atoms with Crippen molar-refractivity contribution in [2.24, 2.45) is 9.36 Å². The second-order valence-electron chi connectivity index (χ2n) is 11.6. The van der Waals surface area contributed by atoms with Gasteiger partial charge in [0, 0.05) is 23.5 Å². The van der Waals surface area contributed by atoms with Gasteiger partial charge in [-0.05, 0) is 72.2 Å². The molecular formula is C29H33FN4O4S. The first-order chi connectivity index (χ1) is 18.1. The highest BCUT2D eigenvalue weighted by Crippen LogP contribution is 2.48. The summed E-state index contributed by atoms with van der Waals surface area (Å²) >= 11 is 0. The molecule has 2 aliphatic heterocycles. The molecular weight excluding hydrogens is 519 g/mol. The van der Waals surface area contributed by atoms with Crippen LogP contribution in [0.5, 0.6) is 0 Å². The Morgan fingerprint density at radius 3 is 2.41 bits per heavy atom. The van der Waals surface area contributed by atoms with Crippen molar-refractivity contribution in [2.75, 3.05) is 6.54 Å². The molecule has 2 aliphatic rings. The molecule has 0 unspecified atom stereocenters. The molecule has 0 spiro atoms. The summed E-state index contributed by atoms with van der Waals surface area (Å²) in [6.07, 6.45) is 0.120. The van der Waals surface area contributed by atoms with Crippen LogP contribution in [0, 0.1) is 17.1 Å². The highest BCUT2D eigenvalue weighted by Gasteiger charge is 2.58. The molecule has 10 heteroatoms. The molecule has 8 nitrogen and oxygen atoms in total. The van der Waals surface area contributed by atoms with Gasteiger partial charge in [-0.1, -0.05) is 12.1 Å². The van der Waals surface area contributed by atoms with Crippen LogP contribution < -0.4 is 0 Å². The predicted molar refractivity (Wildman–Crippen MR) is 147 cm³/mol. The fraction of sp³-hybridized carbons (Fsp3) is 0.483. The molecule has 1 aromatic carbocycles. The Morgan fingerprint density at radius 1 is 1.13 bits per heavy atom. The van der Waals surface area contributed by atoms with Crippen molar-refractivity contribution in [3.63, 3.8) is 0 Å². The second-order valence-corrected chi connectivity index (χ2v) is 14.6. The molecule has 0 saturated heterocycles. The van der Waals surface area contributed by atoms with E-state index in [1.807, 2.05) is 6.07 Å². The molecule has 1 aromatic heterocycles. The number of benzene rings is 1. The standard InChI is InChI=1S/C29H33FN4O4S/c1-27(2,3)38-25(36)16-23-28(4,5)39(37)24(13-14-32-39)29(6,34-23)26-21(30)12-11-20(33-26)15-22(35)19-9-7-18(17-31)8-10-19/h7-12,24H,13-16H2,1-6H3/t24-,29-,39+/m0/s1. The molecule has 2 aromatic rings. The summed E-state index contributed by atoms with van der Waals surface area (Å²) < 4.78 is 38.9. The Morgan fingerprint density at radius 2 is 1.79 bits per heavy atom. The molecule has 0 radical (unpaired) electrons. The van der Waals surface area contributed by atoms with Gasteiger partial charge in [-0.15, -0.1) is 0 Å². The van der Waals surface area contributed by atoms with Gasteiger partial charge in [0.05, 0.1) is 44.2 Å². The average molecular weight is 553 g/mol. The molecule has 0 saturated carbocycles. The fourth-order valence-corrected chi connectivity index (χ4v) is 8.48. The van der Waals surface area contributed by atoms with Gasteiger partial charge in [0.15, 0.2) is 5.78 Å². The van der Waals surface area contributed by atoms with E-state index in [1.54, 1.807) is 65.8 Å². The first-order valence-corrected chi connectivity index (χ1v) is 14.4. The maximum Gasteiger partial charge on any atom is 0.312 e. The Hall–Kier alpha value is -3.45. The highest BCUT2D eigenvalue weighted by atomic mass is 32.2. The number of carbonyl (C=O) groups excluding carboxylic acids is 2. The van der Waals surface area contributed by atoms with Crippen LogP contribution in [0.3, 0.4) is 0 Å². The minimum Gasteiger partial charge on any atom is -0.460 e. The Bertz CT molecular complexity index is 1530. The minimum atomic E-state index is -2.98. The third kappa shape index (κ3) is 5.24. The first kappa shape index (κ1) is 28.6. The van der Waals surface area contributed by atoms with Gasteiger partial charge in [0.1, 0.15) is 22.7 Å². The van der Waals surface area contributed by atoms with E-state index in [0.717, 1.165) is 0 Å². The number of hydrogen-bond donors (Lipinski definition) is 0. The number of esters is 1. The summed E-state index contributed by atoms with van der Waals surface area (Å²) in [5.41, 5.74) is -0.620. The largest absolute Gasteiger partial charge is 0.460 e. The number of aliphatic imine (C=N–C) groups is 1. The molecule has 39 heavy (non-hydrogen) atoms. The van der Waals surface area contributed by atoms with Crippen LogP contribution >= 0.6 is 0 Å². The summed E-state index contributed by atoms with van der Waals surface area (Å²) in [5, 5.41) is 8.36. The van der Waals surface area contributed by atoms with E-state index in [1.165, 1.54) is 12.1 Å². The number of carbonyl (C=O) groups is 2. The van der Waals surface area contributed by atoms with Crippen LogP contribution in [0.15, 0.2) is 45.8 Å². The van der Waals surface area contributed by atoms with Crippen molar-refractivity contribution >= 4 is 27.2 Å². The lowest BCUT2D eigenvalue weighted by Crippen LogP contribution is -2.56. The molecule has 3 atom stereocenters. The SMILES string of the molecule is CC(C)(C)OC(=O)CC1=N[C@](C)(c2nc(CC(=O)c3ccc(C#N)cc3)ccc2F)[C@@H]2CCN=[S@]2(=O)C1(C)C. The van der Waals surface area contributed by atoms with Crippen LogP contribution in [-0.2, 0) is 31.2 Å². The van der Waals surface area contributed by atoms with E-state index in [4.69, 9.17) is 15.0 Å². The van der Waals surface area contributed by atoms with E-state index in [9.17, 15) is 13.8 Å². The van der Waals surface area contributed by atoms with Crippen LogP contribution in [0.25, 0.3) is 0 Å².